The number of ether oxygens (including phenoxy) is 3. The van der Waals surface area contributed by atoms with Gasteiger partial charge in [-0.05, 0) is 24.3 Å². The van der Waals surface area contributed by atoms with Crippen LogP contribution in [-0.4, -0.2) is 49.7 Å². The minimum atomic E-state index is -0.816. The van der Waals surface area contributed by atoms with E-state index in [1.165, 1.54) is 31.3 Å². The van der Waals surface area contributed by atoms with Crippen LogP contribution < -0.4 is 9.47 Å². The number of halogens is 1. The minimum Gasteiger partial charge on any atom is -0.496 e. The fraction of sp³-hybridized carbons (Fsp3) is 0.300. The molecule has 1 amide bonds. The van der Waals surface area contributed by atoms with Crippen LogP contribution in [0.1, 0.15) is 16.8 Å². The maximum absolute atomic E-state index is 13.9. The monoisotopic (exact) mass is 373 g/mol. The second-order valence-electron chi connectivity index (χ2n) is 6.10. The molecule has 7 heteroatoms. The Morgan fingerprint density at radius 2 is 1.70 bits per heavy atom. The summed E-state index contributed by atoms with van der Waals surface area (Å²) >= 11 is 0. The zero-order valence-corrected chi connectivity index (χ0v) is 15.1. The van der Waals surface area contributed by atoms with E-state index in [-0.39, 0.29) is 24.6 Å². The highest BCUT2D eigenvalue weighted by molar-refractivity contribution is 5.99. The van der Waals surface area contributed by atoms with Crippen molar-refractivity contribution in [2.45, 2.75) is 18.6 Å². The van der Waals surface area contributed by atoms with Gasteiger partial charge in [0.1, 0.15) is 17.9 Å². The molecule has 0 saturated carbocycles. The number of rotatable bonds is 5. The first-order chi connectivity index (χ1) is 13.0. The third-order valence-corrected chi connectivity index (χ3v) is 4.46. The summed E-state index contributed by atoms with van der Waals surface area (Å²) in [5.74, 6) is -0.927. The second-order valence-corrected chi connectivity index (χ2v) is 6.10. The second kappa shape index (κ2) is 8.07. The lowest BCUT2D eigenvalue weighted by Gasteiger charge is -2.23. The van der Waals surface area contributed by atoms with Gasteiger partial charge in [0, 0.05) is 6.42 Å². The van der Waals surface area contributed by atoms with Gasteiger partial charge in [0.15, 0.2) is 11.6 Å². The molecule has 3 rings (SSSR count). The van der Waals surface area contributed by atoms with Crippen molar-refractivity contribution < 1.29 is 28.2 Å². The van der Waals surface area contributed by atoms with Gasteiger partial charge in [0.2, 0.25) is 0 Å². The van der Waals surface area contributed by atoms with E-state index >= 15 is 0 Å². The van der Waals surface area contributed by atoms with Gasteiger partial charge in [0.05, 0.1) is 26.3 Å². The fourth-order valence-electron chi connectivity index (χ4n) is 3.16. The van der Waals surface area contributed by atoms with E-state index in [1.807, 2.05) is 0 Å². The van der Waals surface area contributed by atoms with Crippen LogP contribution in [0.15, 0.2) is 48.5 Å². The van der Waals surface area contributed by atoms with Crippen LogP contribution in [0, 0.1) is 5.82 Å². The molecule has 1 fully saturated rings. The SMILES string of the molecule is COC(=O)C1CC(Oc2ccccc2F)CN1C(=O)c1ccccc1OC. The Kier molecular flexibility index (Phi) is 5.59. The van der Waals surface area contributed by atoms with Crippen molar-refractivity contribution in [2.24, 2.45) is 0 Å². The van der Waals surface area contributed by atoms with E-state index in [0.717, 1.165) is 0 Å². The zero-order chi connectivity index (χ0) is 19.4. The largest absolute Gasteiger partial charge is 0.496 e. The van der Waals surface area contributed by atoms with Gasteiger partial charge in [0.25, 0.3) is 5.91 Å². The molecule has 2 unspecified atom stereocenters. The molecule has 0 spiro atoms. The Morgan fingerprint density at radius 1 is 1.04 bits per heavy atom. The highest BCUT2D eigenvalue weighted by Gasteiger charge is 2.42. The van der Waals surface area contributed by atoms with Crippen molar-refractivity contribution in [1.82, 2.24) is 4.90 Å². The Labute approximate surface area is 156 Å². The number of esters is 1. The first kappa shape index (κ1) is 18.7. The van der Waals surface area contributed by atoms with Gasteiger partial charge >= 0.3 is 5.97 Å². The third-order valence-electron chi connectivity index (χ3n) is 4.46. The van der Waals surface area contributed by atoms with Gasteiger partial charge in [-0.2, -0.15) is 0 Å². The lowest BCUT2D eigenvalue weighted by molar-refractivity contribution is -0.145. The van der Waals surface area contributed by atoms with Crippen LogP contribution in [0.25, 0.3) is 0 Å². The smallest absolute Gasteiger partial charge is 0.328 e. The summed E-state index contributed by atoms with van der Waals surface area (Å²) in [6, 6.07) is 12.0. The summed E-state index contributed by atoms with van der Waals surface area (Å²) in [5, 5.41) is 0. The predicted molar refractivity (Wildman–Crippen MR) is 95.3 cm³/mol. The van der Waals surface area contributed by atoms with Gasteiger partial charge < -0.3 is 19.1 Å². The lowest BCUT2D eigenvalue weighted by Crippen LogP contribution is -2.41. The van der Waals surface area contributed by atoms with E-state index < -0.39 is 23.9 Å². The van der Waals surface area contributed by atoms with Crippen molar-refractivity contribution in [3.8, 4) is 11.5 Å². The normalized spacial score (nSPS) is 18.9. The van der Waals surface area contributed by atoms with Gasteiger partial charge in [-0.15, -0.1) is 0 Å². The van der Waals surface area contributed by atoms with E-state index in [4.69, 9.17) is 14.2 Å². The maximum atomic E-state index is 13.9. The molecule has 1 aliphatic heterocycles. The molecule has 2 atom stereocenters. The van der Waals surface area contributed by atoms with Crippen molar-refractivity contribution in [1.29, 1.82) is 0 Å². The van der Waals surface area contributed by atoms with Gasteiger partial charge in [-0.25, -0.2) is 9.18 Å². The zero-order valence-electron chi connectivity index (χ0n) is 15.1. The van der Waals surface area contributed by atoms with Crippen LogP contribution in [0.2, 0.25) is 0 Å². The molecule has 2 aromatic rings. The molecule has 0 radical (unpaired) electrons. The highest BCUT2D eigenvalue weighted by Crippen LogP contribution is 2.29. The summed E-state index contributed by atoms with van der Waals surface area (Å²) in [6.45, 7) is 0.130. The summed E-state index contributed by atoms with van der Waals surface area (Å²) in [5.41, 5.74) is 0.334. The van der Waals surface area contributed by atoms with Gasteiger partial charge in [-0.1, -0.05) is 24.3 Å². The number of amides is 1. The maximum Gasteiger partial charge on any atom is 0.328 e. The molecule has 142 valence electrons. The van der Waals surface area contributed by atoms with E-state index in [1.54, 1.807) is 36.4 Å². The molecule has 0 N–H and O–H groups in total. The molecule has 6 nitrogen and oxygen atoms in total. The van der Waals surface area contributed by atoms with Crippen LogP contribution in [0.3, 0.4) is 0 Å². The van der Waals surface area contributed by atoms with E-state index in [9.17, 15) is 14.0 Å². The molecule has 2 aromatic carbocycles. The average Bonchev–Trinajstić information content (AvgIpc) is 3.12. The fourth-order valence-corrected chi connectivity index (χ4v) is 3.16. The van der Waals surface area contributed by atoms with Crippen LogP contribution >= 0.6 is 0 Å². The number of carbonyl (C=O) groups excluding carboxylic acids is 2. The Morgan fingerprint density at radius 3 is 2.37 bits per heavy atom. The lowest BCUT2D eigenvalue weighted by atomic mass is 10.1. The quantitative estimate of drug-likeness (QED) is 0.754. The first-order valence-corrected chi connectivity index (χ1v) is 8.48. The summed E-state index contributed by atoms with van der Waals surface area (Å²) in [7, 11) is 2.73. The number of para-hydroxylation sites is 2. The average molecular weight is 373 g/mol. The molecule has 1 aliphatic rings. The predicted octanol–water partition coefficient (Wildman–Crippen LogP) is 2.67. The Hall–Kier alpha value is -3.09. The number of nitrogens with zero attached hydrogens (tertiary/aromatic N) is 1. The van der Waals surface area contributed by atoms with Crippen molar-refractivity contribution in [2.75, 3.05) is 20.8 Å². The summed E-state index contributed by atoms with van der Waals surface area (Å²) in [4.78, 5) is 26.6. The molecule has 1 heterocycles. The molecular weight excluding hydrogens is 353 g/mol. The van der Waals surface area contributed by atoms with Crippen LogP contribution in [0.5, 0.6) is 11.5 Å². The molecule has 1 saturated heterocycles. The summed E-state index contributed by atoms with van der Waals surface area (Å²) < 4.78 is 29.6. The van der Waals surface area contributed by atoms with E-state index in [0.29, 0.717) is 11.3 Å². The van der Waals surface area contributed by atoms with Gasteiger partial charge in [-0.3, -0.25) is 4.79 Å². The summed E-state index contributed by atoms with van der Waals surface area (Å²) in [6.07, 6.45) is -0.327. The van der Waals surface area contributed by atoms with Crippen LogP contribution in [-0.2, 0) is 9.53 Å². The van der Waals surface area contributed by atoms with Crippen LogP contribution in [0.4, 0.5) is 4.39 Å². The molecule has 27 heavy (non-hydrogen) atoms. The third kappa shape index (κ3) is 3.86. The van der Waals surface area contributed by atoms with Crippen molar-refractivity contribution in [3.05, 3.63) is 59.9 Å². The Balaban J connectivity index is 1.85. The number of methoxy groups -OCH3 is 2. The standard InChI is InChI=1S/C20H20FNO5/c1-25-17-9-5-3-7-14(17)19(23)22-12-13(11-16(22)20(24)26-2)27-18-10-6-4-8-15(18)21/h3-10,13,16H,11-12H2,1-2H3. The van der Waals surface area contributed by atoms with E-state index in [2.05, 4.69) is 0 Å². The minimum absolute atomic E-state index is 0.0812. The molecule has 0 aromatic heterocycles. The molecular formula is C20H20FNO5. The highest BCUT2D eigenvalue weighted by atomic mass is 19.1. The number of carbonyl (C=O) groups is 2. The first-order valence-electron chi connectivity index (χ1n) is 8.48. The molecule has 0 bridgehead atoms. The number of hydrogen-bond donors (Lipinski definition) is 0. The number of hydrogen-bond acceptors (Lipinski definition) is 5. The topological polar surface area (TPSA) is 65.1 Å². The molecule has 0 aliphatic carbocycles. The number of benzene rings is 2. The Bertz CT molecular complexity index is 841. The number of likely N-dealkylation sites (tertiary alicyclic amines) is 1. The van der Waals surface area contributed by atoms with Crippen molar-refractivity contribution in [3.63, 3.8) is 0 Å². The van der Waals surface area contributed by atoms with Crippen molar-refractivity contribution >= 4 is 11.9 Å².